The Balaban J connectivity index is 2.00. The molecule has 64 valence electrons. The molecule has 0 aliphatic heterocycles. The van der Waals surface area contributed by atoms with Gasteiger partial charge in [0.25, 0.3) is 5.92 Å². The summed E-state index contributed by atoms with van der Waals surface area (Å²) >= 11 is 4.15. The average Bonchev–Trinajstić information content (AvgIpc) is 2.33. The van der Waals surface area contributed by atoms with Gasteiger partial charge in [0.15, 0.2) is 0 Å². The Morgan fingerprint density at radius 3 is 2.00 bits per heavy atom. The molecule has 0 aromatic carbocycles. The van der Waals surface area contributed by atoms with E-state index in [9.17, 15) is 8.78 Å². The molecule has 0 amide bonds. The molecular formula is C8H12F2S. The van der Waals surface area contributed by atoms with Gasteiger partial charge in [-0.2, -0.15) is 12.6 Å². The van der Waals surface area contributed by atoms with Crippen LogP contribution < -0.4 is 0 Å². The molecule has 2 rings (SSSR count). The van der Waals surface area contributed by atoms with Gasteiger partial charge in [0.2, 0.25) is 0 Å². The molecule has 11 heavy (non-hydrogen) atoms. The van der Waals surface area contributed by atoms with Crippen molar-refractivity contribution in [1.82, 2.24) is 0 Å². The first-order chi connectivity index (χ1) is 4.93. The maximum Gasteiger partial charge on any atom is 0.254 e. The molecule has 0 saturated heterocycles. The van der Waals surface area contributed by atoms with Gasteiger partial charge >= 0.3 is 0 Å². The van der Waals surface area contributed by atoms with Crippen LogP contribution in [0.1, 0.15) is 26.2 Å². The van der Waals surface area contributed by atoms with Crippen molar-refractivity contribution in [3.8, 4) is 0 Å². The maximum absolute atomic E-state index is 12.7. The lowest BCUT2D eigenvalue weighted by Gasteiger charge is -2.45. The van der Waals surface area contributed by atoms with E-state index in [1.807, 2.05) is 6.92 Å². The Morgan fingerprint density at radius 2 is 1.73 bits per heavy atom. The zero-order chi connectivity index (χ0) is 8.33. The first-order valence-electron chi connectivity index (χ1n) is 3.92. The Morgan fingerprint density at radius 1 is 1.27 bits per heavy atom. The molecule has 2 saturated carbocycles. The van der Waals surface area contributed by atoms with E-state index in [-0.39, 0.29) is 11.8 Å². The van der Waals surface area contributed by atoms with Crippen molar-refractivity contribution in [2.45, 2.75) is 32.1 Å². The highest BCUT2D eigenvalue weighted by atomic mass is 32.1. The fourth-order valence-electron chi connectivity index (χ4n) is 2.46. The van der Waals surface area contributed by atoms with Gasteiger partial charge in [0.05, 0.1) is 0 Å². The first-order valence-corrected chi connectivity index (χ1v) is 4.55. The second-order valence-corrected chi connectivity index (χ2v) is 4.80. The summed E-state index contributed by atoms with van der Waals surface area (Å²) in [6.45, 7) is 2.04. The van der Waals surface area contributed by atoms with Crippen molar-refractivity contribution < 1.29 is 8.78 Å². The van der Waals surface area contributed by atoms with Crippen LogP contribution in [0, 0.1) is 10.8 Å². The summed E-state index contributed by atoms with van der Waals surface area (Å²) in [6, 6.07) is 0. The zero-order valence-electron chi connectivity index (χ0n) is 6.53. The third kappa shape index (κ3) is 0.865. The third-order valence-electron chi connectivity index (χ3n) is 3.12. The standard InChI is InChI=1S/C8H12F2S/c1-6(5-11)2-7(3-6)4-8(7,9)10/h11H,2-5H2,1H3. The Kier molecular flexibility index (Phi) is 1.25. The summed E-state index contributed by atoms with van der Waals surface area (Å²) in [6.07, 6.45) is 1.48. The monoisotopic (exact) mass is 178 g/mol. The topological polar surface area (TPSA) is 0 Å². The highest BCUT2D eigenvalue weighted by molar-refractivity contribution is 7.80. The van der Waals surface area contributed by atoms with E-state index in [0.29, 0.717) is 12.8 Å². The van der Waals surface area contributed by atoms with Crippen LogP contribution in [0.3, 0.4) is 0 Å². The quantitative estimate of drug-likeness (QED) is 0.586. The van der Waals surface area contributed by atoms with Crippen molar-refractivity contribution in [3.05, 3.63) is 0 Å². The van der Waals surface area contributed by atoms with Crippen LogP contribution >= 0.6 is 12.6 Å². The summed E-state index contributed by atoms with van der Waals surface area (Å²) in [5, 5.41) is 0. The highest BCUT2D eigenvalue weighted by Gasteiger charge is 2.77. The first kappa shape index (κ1) is 7.84. The minimum atomic E-state index is -2.34. The molecule has 0 atom stereocenters. The maximum atomic E-state index is 12.7. The lowest BCUT2D eigenvalue weighted by atomic mass is 9.61. The summed E-state index contributed by atoms with van der Waals surface area (Å²) < 4.78 is 25.4. The molecule has 0 radical (unpaired) electrons. The summed E-state index contributed by atoms with van der Waals surface area (Å²) in [5.41, 5.74) is -0.479. The number of hydrogen-bond donors (Lipinski definition) is 1. The number of hydrogen-bond acceptors (Lipinski definition) is 1. The summed E-state index contributed by atoms with van der Waals surface area (Å²) in [4.78, 5) is 0. The number of rotatable bonds is 1. The molecule has 1 spiro atoms. The molecule has 0 heterocycles. The second kappa shape index (κ2) is 1.76. The van der Waals surface area contributed by atoms with Gasteiger partial charge in [-0.3, -0.25) is 0 Å². The Labute approximate surface area is 70.8 Å². The van der Waals surface area contributed by atoms with Crippen LogP contribution in [0.15, 0.2) is 0 Å². The van der Waals surface area contributed by atoms with Crippen LogP contribution in [-0.2, 0) is 0 Å². The Hall–Kier alpha value is 0.210. The van der Waals surface area contributed by atoms with Gasteiger partial charge in [0, 0.05) is 11.8 Å². The molecule has 2 fully saturated rings. The molecule has 2 aliphatic rings. The predicted molar refractivity (Wildman–Crippen MR) is 43.2 cm³/mol. The zero-order valence-corrected chi connectivity index (χ0v) is 7.43. The third-order valence-corrected chi connectivity index (χ3v) is 3.89. The normalized spacial score (nSPS) is 52.4. The molecular weight excluding hydrogens is 166 g/mol. The minimum Gasteiger partial charge on any atom is -0.206 e. The highest BCUT2D eigenvalue weighted by Crippen LogP contribution is 2.76. The van der Waals surface area contributed by atoms with Crippen molar-refractivity contribution in [3.63, 3.8) is 0 Å². The Bertz CT molecular complexity index is 194. The number of thiol groups is 1. The molecule has 3 heteroatoms. The van der Waals surface area contributed by atoms with Gasteiger partial charge in [-0.05, 0) is 24.0 Å². The second-order valence-electron chi connectivity index (χ2n) is 4.48. The van der Waals surface area contributed by atoms with Crippen molar-refractivity contribution in [2.24, 2.45) is 10.8 Å². The summed E-state index contributed by atoms with van der Waals surface area (Å²) in [5.74, 6) is -1.60. The van der Waals surface area contributed by atoms with E-state index >= 15 is 0 Å². The molecule has 0 nitrogen and oxygen atoms in total. The molecule has 0 aromatic heterocycles. The smallest absolute Gasteiger partial charge is 0.206 e. The molecule has 2 aliphatic carbocycles. The van der Waals surface area contributed by atoms with Crippen molar-refractivity contribution >= 4 is 12.6 Å². The van der Waals surface area contributed by atoms with Gasteiger partial charge in [-0.1, -0.05) is 6.92 Å². The van der Waals surface area contributed by atoms with Crippen LogP contribution in [0.5, 0.6) is 0 Å². The molecule has 0 bridgehead atoms. The van der Waals surface area contributed by atoms with E-state index in [1.165, 1.54) is 0 Å². The summed E-state index contributed by atoms with van der Waals surface area (Å²) in [7, 11) is 0. The molecule has 0 N–H and O–H groups in total. The largest absolute Gasteiger partial charge is 0.254 e. The lowest BCUT2D eigenvalue weighted by Crippen LogP contribution is -2.40. The van der Waals surface area contributed by atoms with E-state index < -0.39 is 11.3 Å². The van der Waals surface area contributed by atoms with Gasteiger partial charge in [-0.25, -0.2) is 8.78 Å². The number of halogens is 2. The van der Waals surface area contributed by atoms with Gasteiger partial charge in [-0.15, -0.1) is 0 Å². The van der Waals surface area contributed by atoms with Crippen LogP contribution in [-0.4, -0.2) is 11.7 Å². The average molecular weight is 178 g/mol. The lowest BCUT2D eigenvalue weighted by molar-refractivity contribution is -0.0314. The molecule has 0 aromatic rings. The fourth-order valence-corrected chi connectivity index (χ4v) is 2.68. The van der Waals surface area contributed by atoms with E-state index in [2.05, 4.69) is 12.6 Å². The van der Waals surface area contributed by atoms with Crippen LogP contribution in [0.4, 0.5) is 8.78 Å². The minimum absolute atomic E-state index is 0.100. The van der Waals surface area contributed by atoms with E-state index in [4.69, 9.17) is 0 Å². The number of alkyl halides is 2. The van der Waals surface area contributed by atoms with E-state index in [1.54, 1.807) is 0 Å². The van der Waals surface area contributed by atoms with Crippen LogP contribution in [0.25, 0.3) is 0 Å². The SMILES string of the molecule is CC1(CS)CC2(C1)CC2(F)F. The predicted octanol–water partition coefficient (Wildman–Crippen LogP) is 2.74. The van der Waals surface area contributed by atoms with Gasteiger partial charge in [0.1, 0.15) is 0 Å². The fraction of sp³-hybridized carbons (Fsp3) is 1.00. The molecule has 0 unspecified atom stereocenters. The van der Waals surface area contributed by atoms with E-state index in [0.717, 1.165) is 5.75 Å². The van der Waals surface area contributed by atoms with Crippen LogP contribution in [0.2, 0.25) is 0 Å². The van der Waals surface area contributed by atoms with Gasteiger partial charge < -0.3 is 0 Å². The van der Waals surface area contributed by atoms with Crippen molar-refractivity contribution in [1.29, 1.82) is 0 Å². The van der Waals surface area contributed by atoms with Crippen molar-refractivity contribution in [2.75, 3.05) is 5.75 Å².